The molecule has 0 aliphatic rings. The molecule has 0 saturated carbocycles. The van der Waals surface area contributed by atoms with Crippen molar-refractivity contribution < 1.29 is 4.74 Å². The topological polar surface area (TPSA) is 42.9 Å². The van der Waals surface area contributed by atoms with Gasteiger partial charge in [0.2, 0.25) is 5.62 Å². The molecule has 0 aliphatic heterocycles. The lowest BCUT2D eigenvalue weighted by atomic mass is 10.3. The van der Waals surface area contributed by atoms with Crippen molar-refractivity contribution in [2.45, 2.75) is 13.0 Å². The second kappa shape index (κ2) is 6.28. The van der Waals surface area contributed by atoms with Gasteiger partial charge in [-0.2, -0.15) is 0 Å². The molecular weight excluding hydrogens is 298 g/mol. The number of para-hydroxylation sites is 2. The Bertz CT molecular complexity index is 833. The van der Waals surface area contributed by atoms with E-state index in [2.05, 4.69) is 0 Å². The van der Waals surface area contributed by atoms with Crippen molar-refractivity contribution in [1.82, 2.24) is 9.13 Å². The lowest BCUT2D eigenvalue weighted by molar-refractivity contribution is 0.301. The first-order valence-corrected chi connectivity index (χ1v) is 7.62. The maximum atomic E-state index is 8.22. The fraction of sp³-hybridized carbons (Fsp3) is 0.235. The molecule has 4 nitrogen and oxygen atoms in total. The standard InChI is InChI=1S/C17H18ClN3O/c1-20-15-5-2-3-6-16(15)21(17(20)19)11-4-12-22-14-9-7-13(18)8-10-14/h2-3,5-10,19H,4,11-12H2,1H3. The van der Waals surface area contributed by atoms with Gasteiger partial charge >= 0.3 is 0 Å². The van der Waals surface area contributed by atoms with Crippen LogP contribution in [0.15, 0.2) is 48.5 Å². The van der Waals surface area contributed by atoms with Gasteiger partial charge in [-0.3, -0.25) is 5.41 Å². The first kappa shape index (κ1) is 14.7. The van der Waals surface area contributed by atoms with Gasteiger partial charge < -0.3 is 13.9 Å². The van der Waals surface area contributed by atoms with Crippen LogP contribution in [0.25, 0.3) is 11.0 Å². The van der Waals surface area contributed by atoms with Gasteiger partial charge in [-0.15, -0.1) is 0 Å². The van der Waals surface area contributed by atoms with Gasteiger partial charge in [0.25, 0.3) is 0 Å². The zero-order chi connectivity index (χ0) is 15.5. The molecule has 2 aromatic carbocycles. The second-order valence-electron chi connectivity index (χ2n) is 5.18. The van der Waals surface area contributed by atoms with Gasteiger partial charge in [0.15, 0.2) is 0 Å². The van der Waals surface area contributed by atoms with Crippen LogP contribution in [0.1, 0.15) is 6.42 Å². The number of aryl methyl sites for hydroxylation is 2. The molecule has 0 saturated heterocycles. The minimum atomic E-state index is 0.507. The van der Waals surface area contributed by atoms with Crippen molar-refractivity contribution in [3.8, 4) is 5.75 Å². The molecule has 1 aromatic heterocycles. The molecule has 0 fully saturated rings. The van der Waals surface area contributed by atoms with E-state index in [-0.39, 0.29) is 0 Å². The number of nitrogens with one attached hydrogen (secondary N) is 1. The highest BCUT2D eigenvalue weighted by Crippen LogP contribution is 2.16. The van der Waals surface area contributed by atoms with Crippen molar-refractivity contribution in [2.24, 2.45) is 7.05 Å². The molecular formula is C17H18ClN3O. The van der Waals surface area contributed by atoms with E-state index in [1.807, 2.05) is 64.7 Å². The lowest BCUT2D eigenvalue weighted by Gasteiger charge is -2.07. The van der Waals surface area contributed by atoms with Crippen LogP contribution >= 0.6 is 11.6 Å². The number of nitrogens with zero attached hydrogens (tertiary/aromatic N) is 2. The lowest BCUT2D eigenvalue weighted by Crippen LogP contribution is -2.23. The van der Waals surface area contributed by atoms with Crippen molar-refractivity contribution in [2.75, 3.05) is 6.61 Å². The fourth-order valence-electron chi connectivity index (χ4n) is 2.56. The van der Waals surface area contributed by atoms with Gasteiger partial charge in [-0.25, -0.2) is 0 Å². The third-order valence-corrected chi connectivity index (χ3v) is 3.97. The Morgan fingerprint density at radius 2 is 1.73 bits per heavy atom. The van der Waals surface area contributed by atoms with Crippen molar-refractivity contribution in [3.05, 3.63) is 59.2 Å². The second-order valence-corrected chi connectivity index (χ2v) is 5.62. The predicted octanol–water partition coefficient (Wildman–Crippen LogP) is 3.58. The largest absolute Gasteiger partial charge is 0.494 e. The number of fused-ring (bicyclic) bond motifs is 1. The fourth-order valence-corrected chi connectivity index (χ4v) is 2.68. The summed E-state index contributed by atoms with van der Waals surface area (Å²) in [4.78, 5) is 0. The zero-order valence-electron chi connectivity index (χ0n) is 12.4. The normalized spacial score (nSPS) is 11.0. The molecule has 0 radical (unpaired) electrons. The average Bonchev–Trinajstić information content (AvgIpc) is 2.78. The number of rotatable bonds is 5. The summed E-state index contributed by atoms with van der Waals surface area (Å²) in [6.45, 7) is 1.37. The Balaban J connectivity index is 1.66. The van der Waals surface area contributed by atoms with E-state index in [0.717, 1.165) is 29.7 Å². The molecule has 114 valence electrons. The third kappa shape index (κ3) is 2.88. The zero-order valence-corrected chi connectivity index (χ0v) is 13.2. The van der Waals surface area contributed by atoms with E-state index < -0.39 is 0 Å². The van der Waals surface area contributed by atoms with E-state index in [1.54, 1.807) is 0 Å². The van der Waals surface area contributed by atoms with Crippen LogP contribution in [-0.2, 0) is 13.6 Å². The summed E-state index contributed by atoms with van der Waals surface area (Å²) in [5, 5.41) is 8.92. The van der Waals surface area contributed by atoms with Gasteiger partial charge in [0.05, 0.1) is 17.6 Å². The summed E-state index contributed by atoms with van der Waals surface area (Å²) in [5.41, 5.74) is 2.67. The van der Waals surface area contributed by atoms with Crippen LogP contribution in [0.4, 0.5) is 0 Å². The minimum absolute atomic E-state index is 0.507. The van der Waals surface area contributed by atoms with Gasteiger partial charge in [0.1, 0.15) is 5.75 Å². The molecule has 3 rings (SSSR count). The Labute approximate surface area is 134 Å². The van der Waals surface area contributed by atoms with Gasteiger partial charge in [-0.05, 0) is 42.8 Å². The molecule has 1 N–H and O–H groups in total. The number of ether oxygens (including phenoxy) is 1. The number of hydrogen-bond acceptors (Lipinski definition) is 2. The highest BCUT2D eigenvalue weighted by molar-refractivity contribution is 6.30. The SMILES string of the molecule is Cn1c(=N)n(CCCOc2ccc(Cl)cc2)c2ccccc21. The van der Waals surface area contributed by atoms with Crippen LogP contribution in [-0.4, -0.2) is 15.7 Å². The van der Waals surface area contributed by atoms with Crippen molar-refractivity contribution >= 4 is 22.6 Å². The van der Waals surface area contributed by atoms with Gasteiger partial charge in [-0.1, -0.05) is 23.7 Å². The summed E-state index contributed by atoms with van der Waals surface area (Å²) in [5.74, 6) is 0.818. The number of halogens is 1. The monoisotopic (exact) mass is 315 g/mol. The first-order chi connectivity index (χ1) is 10.7. The summed E-state index contributed by atoms with van der Waals surface area (Å²) < 4.78 is 9.61. The van der Waals surface area contributed by atoms with Crippen LogP contribution in [0, 0.1) is 5.41 Å². The highest BCUT2D eigenvalue weighted by atomic mass is 35.5. The molecule has 22 heavy (non-hydrogen) atoms. The molecule has 0 amide bonds. The molecule has 0 atom stereocenters. The van der Waals surface area contributed by atoms with Gasteiger partial charge in [0, 0.05) is 18.6 Å². The van der Waals surface area contributed by atoms with Crippen molar-refractivity contribution in [3.63, 3.8) is 0 Å². The molecule has 5 heteroatoms. The van der Waals surface area contributed by atoms with Crippen LogP contribution < -0.4 is 10.4 Å². The van der Waals surface area contributed by atoms with Crippen LogP contribution in [0.3, 0.4) is 0 Å². The molecule has 0 unspecified atom stereocenters. The molecule has 0 aliphatic carbocycles. The smallest absolute Gasteiger partial charge is 0.202 e. The van der Waals surface area contributed by atoms with Crippen LogP contribution in [0.5, 0.6) is 5.75 Å². The number of imidazole rings is 1. The Kier molecular flexibility index (Phi) is 4.20. The average molecular weight is 316 g/mol. The van der Waals surface area contributed by atoms with Crippen molar-refractivity contribution in [1.29, 1.82) is 5.41 Å². The Morgan fingerprint density at radius 1 is 1.05 bits per heavy atom. The van der Waals surface area contributed by atoms with E-state index in [4.69, 9.17) is 21.7 Å². The predicted molar refractivity (Wildman–Crippen MR) is 88.3 cm³/mol. The molecule has 1 heterocycles. The summed E-state index contributed by atoms with van der Waals surface area (Å²) in [6, 6.07) is 15.4. The van der Waals surface area contributed by atoms with E-state index >= 15 is 0 Å². The molecule has 3 aromatic rings. The van der Waals surface area contributed by atoms with Crippen LogP contribution in [0.2, 0.25) is 5.02 Å². The first-order valence-electron chi connectivity index (χ1n) is 7.24. The number of benzene rings is 2. The molecule has 0 spiro atoms. The van der Waals surface area contributed by atoms with E-state index in [9.17, 15) is 0 Å². The van der Waals surface area contributed by atoms with E-state index in [1.165, 1.54) is 0 Å². The van der Waals surface area contributed by atoms with E-state index in [0.29, 0.717) is 17.2 Å². The summed E-state index contributed by atoms with van der Waals surface area (Å²) in [6.07, 6.45) is 0.840. The summed E-state index contributed by atoms with van der Waals surface area (Å²) in [7, 11) is 1.92. The maximum Gasteiger partial charge on any atom is 0.202 e. The Hall–Kier alpha value is -2.20. The summed E-state index contributed by atoms with van der Waals surface area (Å²) >= 11 is 5.85. The number of aromatic nitrogens is 2. The minimum Gasteiger partial charge on any atom is -0.494 e. The molecule has 0 bridgehead atoms. The third-order valence-electron chi connectivity index (χ3n) is 3.72. The quantitative estimate of drug-likeness (QED) is 0.718. The number of hydrogen-bond donors (Lipinski definition) is 1. The highest BCUT2D eigenvalue weighted by Gasteiger charge is 2.07. The maximum absolute atomic E-state index is 8.22. The Morgan fingerprint density at radius 3 is 2.45 bits per heavy atom.